The normalized spacial score (nSPS) is 12.1. The van der Waals surface area contributed by atoms with Crippen molar-refractivity contribution in [2.45, 2.75) is 19.9 Å². The summed E-state index contributed by atoms with van der Waals surface area (Å²) in [5.41, 5.74) is 3.97. The van der Waals surface area contributed by atoms with Gasteiger partial charge >= 0.3 is 0 Å². The van der Waals surface area contributed by atoms with Gasteiger partial charge in [0.2, 0.25) is 0 Å². The predicted octanol–water partition coefficient (Wildman–Crippen LogP) is 4.37. The third-order valence-electron chi connectivity index (χ3n) is 4.10. The molecule has 0 bridgehead atoms. The van der Waals surface area contributed by atoms with Crippen LogP contribution in [0.2, 0.25) is 0 Å². The molecule has 2 heterocycles. The molecule has 0 spiro atoms. The van der Waals surface area contributed by atoms with Crippen molar-refractivity contribution in [1.82, 2.24) is 9.55 Å². The molecule has 2 aromatic heterocycles. The van der Waals surface area contributed by atoms with Crippen LogP contribution < -0.4 is 4.80 Å². The number of amides is 1. The number of non-ortho nitro benzene ring substituents is 1. The molecule has 27 heavy (non-hydrogen) atoms. The molecule has 136 valence electrons. The van der Waals surface area contributed by atoms with Crippen LogP contribution in [0.1, 0.15) is 23.7 Å². The highest BCUT2D eigenvalue weighted by Gasteiger charge is 2.13. The van der Waals surface area contributed by atoms with E-state index in [0.29, 0.717) is 16.9 Å². The zero-order valence-corrected chi connectivity index (χ0v) is 15.9. The Morgan fingerprint density at radius 1 is 1.26 bits per heavy atom. The van der Waals surface area contributed by atoms with E-state index in [-0.39, 0.29) is 11.6 Å². The van der Waals surface area contributed by atoms with E-state index in [1.807, 2.05) is 17.6 Å². The van der Waals surface area contributed by atoms with Gasteiger partial charge in [-0.3, -0.25) is 14.9 Å². The van der Waals surface area contributed by atoms with Crippen molar-refractivity contribution in [2.75, 3.05) is 0 Å². The first kappa shape index (κ1) is 17.5. The van der Waals surface area contributed by atoms with E-state index in [0.717, 1.165) is 26.9 Å². The number of hydrogen-bond donors (Lipinski definition) is 0. The van der Waals surface area contributed by atoms with Crippen LogP contribution in [0.5, 0.6) is 0 Å². The van der Waals surface area contributed by atoms with Gasteiger partial charge in [-0.25, -0.2) is 4.98 Å². The van der Waals surface area contributed by atoms with Gasteiger partial charge in [0.1, 0.15) is 0 Å². The van der Waals surface area contributed by atoms with Crippen LogP contribution in [0.15, 0.2) is 46.9 Å². The molecule has 0 atom stereocenters. The van der Waals surface area contributed by atoms with Gasteiger partial charge in [0.15, 0.2) is 4.80 Å². The second-order valence-electron chi connectivity index (χ2n) is 5.90. The van der Waals surface area contributed by atoms with E-state index in [1.54, 1.807) is 23.7 Å². The fourth-order valence-electron chi connectivity index (χ4n) is 2.84. The summed E-state index contributed by atoms with van der Waals surface area (Å²) in [4.78, 5) is 32.4. The Kier molecular flexibility index (Phi) is 4.54. The van der Waals surface area contributed by atoms with E-state index in [4.69, 9.17) is 0 Å². The molecule has 0 aliphatic rings. The molecule has 0 radical (unpaired) electrons. The monoisotopic (exact) mass is 398 g/mol. The maximum absolute atomic E-state index is 12.7. The summed E-state index contributed by atoms with van der Waals surface area (Å²) in [5.74, 6) is -0.337. The molecular weight excluding hydrogens is 384 g/mol. The minimum Gasteiger partial charge on any atom is -0.316 e. The highest BCUT2D eigenvalue weighted by molar-refractivity contribution is 7.17. The summed E-state index contributed by atoms with van der Waals surface area (Å²) < 4.78 is 3.61. The van der Waals surface area contributed by atoms with E-state index in [2.05, 4.69) is 9.98 Å². The molecule has 9 heteroatoms. The average Bonchev–Trinajstić information content (AvgIpc) is 3.25. The van der Waals surface area contributed by atoms with E-state index in [1.165, 1.54) is 34.8 Å². The summed E-state index contributed by atoms with van der Waals surface area (Å²) in [7, 11) is 0. The maximum Gasteiger partial charge on any atom is 0.279 e. The smallest absolute Gasteiger partial charge is 0.279 e. The number of carbonyl (C=O) groups is 1. The zero-order valence-electron chi connectivity index (χ0n) is 14.3. The van der Waals surface area contributed by atoms with Gasteiger partial charge in [-0.1, -0.05) is 18.3 Å². The lowest BCUT2D eigenvalue weighted by Crippen LogP contribution is -2.16. The molecule has 0 fully saturated rings. The zero-order chi connectivity index (χ0) is 19.0. The van der Waals surface area contributed by atoms with Crippen molar-refractivity contribution in [1.29, 1.82) is 0 Å². The molecule has 4 rings (SSSR count). The van der Waals surface area contributed by atoms with Gasteiger partial charge in [0.05, 0.1) is 30.9 Å². The molecule has 0 aliphatic heterocycles. The standard InChI is InChI=1S/C18H14N4O3S2/c1-2-7-21-14-6-4-12(22(24)25)9-16(14)27-18(21)20-17(23)11-3-5-13-15(8-11)26-10-19-13/h3-6,8-10H,2,7H2,1H3. The molecular formula is C18H14N4O3S2. The highest BCUT2D eigenvalue weighted by Crippen LogP contribution is 2.24. The molecule has 0 unspecified atom stereocenters. The minimum atomic E-state index is -0.421. The second kappa shape index (κ2) is 7.01. The van der Waals surface area contributed by atoms with Crippen LogP contribution in [0.3, 0.4) is 0 Å². The Morgan fingerprint density at radius 3 is 2.89 bits per heavy atom. The van der Waals surface area contributed by atoms with Crippen molar-refractivity contribution >= 4 is 54.7 Å². The molecule has 0 N–H and O–H groups in total. The van der Waals surface area contributed by atoms with Crippen LogP contribution in [0.25, 0.3) is 20.4 Å². The third-order valence-corrected chi connectivity index (χ3v) is 5.93. The number of nitro benzene ring substituents is 1. The molecule has 0 aliphatic carbocycles. The Morgan fingerprint density at radius 2 is 2.11 bits per heavy atom. The Bertz CT molecular complexity index is 1250. The van der Waals surface area contributed by atoms with Crippen LogP contribution in [-0.2, 0) is 6.54 Å². The Balaban J connectivity index is 1.83. The third kappa shape index (κ3) is 3.26. The fraction of sp³-hybridized carbons (Fsp3) is 0.167. The first-order chi connectivity index (χ1) is 13.1. The number of benzene rings is 2. The number of aryl methyl sites for hydroxylation is 1. The summed E-state index contributed by atoms with van der Waals surface area (Å²) in [6, 6.07) is 10.0. The Hall–Kier alpha value is -2.91. The van der Waals surface area contributed by atoms with Gasteiger partial charge in [0, 0.05) is 24.2 Å². The molecule has 1 amide bonds. The quantitative estimate of drug-likeness (QED) is 0.377. The minimum absolute atomic E-state index is 0.0286. The van der Waals surface area contributed by atoms with Gasteiger partial charge in [-0.15, -0.1) is 11.3 Å². The summed E-state index contributed by atoms with van der Waals surface area (Å²) in [6.45, 7) is 2.71. The number of hydrogen-bond acceptors (Lipinski definition) is 6. The van der Waals surface area contributed by atoms with Gasteiger partial charge in [0.25, 0.3) is 11.6 Å². The lowest BCUT2D eigenvalue weighted by Gasteiger charge is -2.02. The lowest BCUT2D eigenvalue weighted by molar-refractivity contribution is -0.384. The van der Waals surface area contributed by atoms with Crippen LogP contribution in [0.4, 0.5) is 5.69 Å². The van der Waals surface area contributed by atoms with E-state index in [9.17, 15) is 14.9 Å². The van der Waals surface area contributed by atoms with Crippen LogP contribution in [0, 0.1) is 10.1 Å². The van der Waals surface area contributed by atoms with Crippen LogP contribution in [-0.4, -0.2) is 20.4 Å². The highest BCUT2D eigenvalue weighted by atomic mass is 32.1. The lowest BCUT2D eigenvalue weighted by atomic mass is 10.2. The van der Waals surface area contributed by atoms with Crippen molar-refractivity contribution in [3.05, 3.63) is 62.4 Å². The number of rotatable bonds is 4. The Labute approximate surface area is 161 Å². The van der Waals surface area contributed by atoms with Gasteiger partial charge in [-0.2, -0.15) is 4.99 Å². The molecule has 0 saturated carbocycles. The topological polar surface area (TPSA) is 90.4 Å². The number of nitro groups is 1. The average molecular weight is 398 g/mol. The fourth-order valence-corrected chi connectivity index (χ4v) is 4.64. The predicted molar refractivity (Wildman–Crippen MR) is 106 cm³/mol. The second-order valence-corrected chi connectivity index (χ2v) is 7.79. The van der Waals surface area contributed by atoms with Crippen molar-refractivity contribution in [3.63, 3.8) is 0 Å². The van der Waals surface area contributed by atoms with Crippen molar-refractivity contribution in [3.8, 4) is 0 Å². The first-order valence-corrected chi connectivity index (χ1v) is 9.96. The number of nitrogens with zero attached hydrogens (tertiary/aromatic N) is 4. The SMILES string of the molecule is CCCn1c(=NC(=O)c2ccc3ncsc3c2)sc2cc([N+](=O)[O-])ccc21. The summed E-state index contributed by atoms with van der Waals surface area (Å²) >= 11 is 2.76. The van der Waals surface area contributed by atoms with Crippen molar-refractivity contribution < 1.29 is 9.72 Å². The summed E-state index contributed by atoms with van der Waals surface area (Å²) in [6.07, 6.45) is 0.858. The molecule has 4 aromatic rings. The number of carbonyl (C=O) groups excluding carboxylic acids is 1. The number of fused-ring (bicyclic) bond motifs is 2. The van der Waals surface area contributed by atoms with E-state index >= 15 is 0 Å². The number of thiazole rings is 2. The van der Waals surface area contributed by atoms with Gasteiger partial charge in [-0.05, 0) is 30.7 Å². The molecule has 7 nitrogen and oxygen atoms in total. The van der Waals surface area contributed by atoms with Gasteiger partial charge < -0.3 is 4.57 Å². The van der Waals surface area contributed by atoms with Crippen LogP contribution >= 0.6 is 22.7 Å². The molecule has 0 saturated heterocycles. The van der Waals surface area contributed by atoms with Crippen molar-refractivity contribution in [2.24, 2.45) is 4.99 Å². The largest absolute Gasteiger partial charge is 0.316 e. The number of aromatic nitrogens is 2. The molecule has 2 aromatic carbocycles. The summed E-state index contributed by atoms with van der Waals surface area (Å²) in [5, 5.41) is 11.0. The first-order valence-electron chi connectivity index (χ1n) is 8.27. The van der Waals surface area contributed by atoms with E-state index < -0.39 is 4.92 Å². The maximum atomic E-state index is 12.7.